The highest BCUT2D eigenvalue weighted by Gasteiger charge is 2.48. The molecule has 222 valence electrons. The average Bonchev–Trinajstić information content (AvgIpc) is 3.64. The molecule has 9 heteroatoms. The first kappa shape index (κ1) is 29.3. The highest BCUT2D eigenvalue weighted by Crippen LogP contribution is 2.47. The Balaban J connectivity index is 1.45. The van der Waals surface area contributed by atoms with Crippen LogP contribution in [-0.4, -0.2) is 67.4 Å². The van der Waals surface area contributed by atoms with E-state index in [1.165, 1.54) is 0 Å². The lowest BCUT2D eigenvalue weighted by atomic mass is 9.82. The Labute approximate surface area is 246 Å². The first-order chi connectivity index (χ1) is 20.4. The van der Waals surface area contributed by atoms with Crippen molar-refractivity contribution in [2.75, 3.05) is 40.6 Å². The molecule has 1 fully saturated rings. The number of aliphatic carboxylic acids is 1. The Morgan fingerprint density at radius 1 is 0.929 bits per heavy atom. The number of methoxy groups -OCH3 is 2. The molecule has 1 amide bonds. The Bertz CT molecular complexity index is 1380. The van der Waals surface area contributed by atoms with Crippen LogP contribution in [0.2, 0.25) is 0 Å². The quantitative estimate of drug-likeness (QED) is 0.319. The van der Waals surface area contributed by atoms with E-state index < -0.39 is 17.9 Å². The van der Waals surface area contributed by atoms with Crippen molar-refractivity contribution in [2.45, 2.75) is 38.3 Å². The Morgan fingerprint density at radius 2 is 1.57 bits per heavy atom. The fourth-order valence-electron chi connectivity index (χ4n) is 5.94. The van der Waals surface area contributed by atoms with Gasteiger partial charge in [-0.05, 0) is 59.5 Å². The predicted molar refractivity (Wildman–Crippen MR) is 157 cm³/mol. The lowest BCUT2D eigenvalue weighted by Gasteiger charge is -2.30. The van der Waals surface area contributed by atoms with Crippen molar-refractivity contribution in [1.29, 1.82) is 0 Å². The summed E-state index contributed by atoms with van der Waals surface area (Å²) in [5, 5.41) is 10.6. The third-order valence-electron chi connectivity index (χ3n) is 8.17. The molecule has 0 unspecified atom stereocenters. The second-order valence-electron chi connectivity index (χ2n) is 10.7. The van der Waals surface area contributed by atoms with Crippen molar-refractivity contribution in [3.63, 3.8) is 0 Å². The zero-order valence-electron chi connectivity index (χ0n) is 24.3. The summed E-state index contributed by atoms with van der Waals surface area (Å²) in [5.41, 5.74) is 2.69. The summed E-state index contributed by atoms with van der Waals surface area (Å²) in [5.74, 6) is 0.620. The molecule has 3 aromatic rings. The number of hydrogen-bond donors (Lipinski definition) is 1. The molecule has 42 heavy (non-hydrogen) atoms. The van der Waals surface area contributed by atoms with Gasteiger partial charge in [0.25, 0.3) is 0 Å². The number of ether oxygens (including phenoxy) is 4. The molecule has 2 aliphatic rings. The van der Waals surface area contributed by atoms with Gasteiger partial charge in [0.2, 0.25) is 12.7 Å². The molecule has 3 aromatic carbocycles. The van der Waals surface area contributed by atoms with E-state index in [9.17, 15) is 14.7 Å². The SMILES string of the molecule is CCCCN(Cc1ccc(OC)cc1)C(=O)CN1C[C@H](c2ccc3c(c2)OCO3)[C@H](C(=O)O)[C@H]1c1ccc(OC)cc1. The maximum atomic E-state index is 13.9. The van der Waals surface area contributed by atoms with Crippen LogP contribution < -0.4 is 18.9 Å². The van der Waals surface area contributed by atoms with Crippen molar-refractivity contribution in [3.05, 3.63) is 83.4 Å². The smallest absolute Gasteiger partial charge is 0.309 e. The van der Waals surface area contributed by atoms with Gasteiger partial charge in [0.05, 0.1) is 26.7 Å². The largest absolute Gasteiger partial charge is 0.497 e. The number of fused-ring (bicyclic) bond motifs is 1. The number of benzene rings is 3. The minimum absolute atomic E-state index is 0.0340. The van der Waals surface area contributed by atoms with Gasteiger partial charge in [-0.15, -0.1) is 0 Å². The van der Waals surface area contributed by atoms with Gasteiger partial charge in [0.15, 0.2) is 11.5 Å². The van der Waals surface area contributed by atoms with Crippen LogP contribution in [0.25, 0.3) is 0 Å². The lowest BCUT2D eigenvalue weighted by molar-refractivity contribution is -0.144. The molecular weight excluding hydrogens is 536 g/mol. The third-order valence-corrected chi connectivity index (χ3v) is 8.17. The third kappa shape index (κ3) is 6.31. The van der Waals surface area contributed by atoms with E-state index in [4.69, 9.17) is 18.9 Å². The number of unbranched alkanes of at least 4 members (excludes halogenated alkanes) is 1. The molecule has 1 N–H and O–H groups in total. The van der Waals surface area contributed by atoms with Crippen LogP contribution in [0.15, 0.2) is 66.7 Å². The monoisotopic (exact) mass is 574 g/mol. The summed E-state index contributed by atoms with van der Waals surface area (Å²) in [4.78, 5) is 30.7. The number of carbonyl (C=O) groups excluding carboxylic acids is 1. The minimum atomic E-state index is -0.908. The number of nitrogens with zero attached hydrogens (tertiary/aromatic N) is 2. The van der Waals surface area contributed by atoms with Crippen molar-refractivity contribution < 1.29 is 33.6 Å². The second-order valence-corrected chi connectivity index (χ2v) is 10.7. The molecule has 2 aliphatic heterocycles. The summed E-state index contributed by atoms with van der Waals surface area (Å²) < 4.78 is 21.7. The molecule has 9 nitrogen and oxygen atoms in total. The van der Waals surface area contributed by atoms with Gasteiger partial charge in [-0.3, -0.25) is 14.5 Å². The zero-order valence-corrected chi connectivity index (χ0v) is 24.3. The molecule has 0 bridgehead atoms. The molecular formula is C33H38N2O7. The topological polar surface area (TPSA) is 97.8 Å². The van der Waals surface area contributed by atoms with E-state index in [2.05, 4.69) is 6.92 Å². The van der Waals surface area contributed by atoms with E-state index in [1.54, 1.807) is 14.2 Å². The first-order valence-corrected chi connectivity index (χ1v) is 14.3. The van der Waals surface area contributed by atoms with E-state index in [0.717, 1.165) is 35.3 Å². The number of carbonyl (C=O) groups is 2. The average molecular weight is 575 g/mol. The van der Waals surface area contributed by atoms with Crippen LogP contribution in [0, 0.1) is 5.92 Å². The molecule has 1 saturated heterocycles. The molecule has 0 spiro atoms. The number of likely N-dealkylation sites (tertiary alicyclic amines) is 1. The molecule has 0 radical (unpaired) electrons. The van der Waals surface area contributed by atoms with E-state index in [-0.39, 0.29) is 25.2 Å². The van der Waals surface area contributed by atoms with Crippen molar-refractivity contribution in [3.8, 4) is 23.0 Å². The van der Waals surface area contributed by atoms with Crippen LogP contribution in [0.5, 0.6) is 23.0 Å². The Hall–Kier alpha value is -4.24. The molecule has 3 atom stereocenters. The van der Waals surface area contributed by atoms with Gasteiger partial charge >= 0.3 is 5.97 Å². The molecule has 0 saturated carbocycles. The standard InChI is InChI=1S/C33H38N2O7/c1-4-5-16-34(18-22-6-11-25(39-2)12-7-22)30(36)20-35-19-27(24-10-15-28-29(17-24)42-21-41-28)31(33(37)38)32(35)23-8-13-26(40-3)14-9-23/h6-15,17,27,31-32H,4-5,16,18-21H2,1-3H3,(H,37,38)/t27-,31+,32-/m1/s1. The fourth-order valence-corrected chi connectivity index (χ4v) is 5.94. The first-order valence-electron chi connectivity index (χ1n) is 14.3. The summed E-state index contributed by atoms with van der Waals surface area (Å²) in [6.07, 6.45) is 1.83. The van der Waals surface area contributed by atoms with Gasteiger partial charge in [0.1, 0.15) is 11.5 Å². The summed E-state index contributed by atoms with van der Waals surface area (Å²) in [6, 6.07) is 20.3. The van der Waals surface area contributed by atoms with E-state index in [0.29, 0.717) is 36.9 Å². The van der Waals surface area contributed by atoms with Gasteiger partial charge in [-0.1, -0.05) is 43.7 Å². The van der Waals surface area contributed by atoms with Gasteiger partial charge in [0, 0.05) is 31.6 Å². The van der Waals surface area contributed by atoms with Crippen molar-refractivity contribution in [2.24, 2.45) is 5.92 Å². The van der Waals surface area contributed by atoms with Crippen molar-refractivity contribution >= 4 is 11.9 Å². The van der Waals surface area contributed by atoms with Crippen molar-refractivity contribution in [1.82, 2.24) is 9.80 Å². The minimum Gasteiger partial charge on any atom is -0.497 e. The molecule has 5 rings (SSSR count). The summed E-state index contributed by atoms with van der Waals surface area (Å²) in [6.45, 7) is 3.84. The van der Waals surface area contributed by atoms with Crippen LogP contribution >= 0.6 is 0 Å². The fraction of sp³-hybridized carbons (Fsp3) is 0.394. The van der Waals surface area contributed by atoms with Gasteiger partial charge < -0.3 is 29.0 Å². The van der Waals surface area contributed by atoms with Gasteiger partial charge in [-0.2, -0.15) is 0 Å². The van der Waals surface area contributed by atoms with Crippen LogP contribution in [0.4, 0.5) is 0 Å². The summed E-state index contributed by atoms with van der Waals surface area (Å²) in [7, 11) is 3.22. The zero-order chi connectivity index (χ0) is 29.6. The van der Waals surface area contributed by atoms with E-state index >= 15 is 0 Å². The van der Waals surface area contributed by atoms with Crippen LogP contribution in [0.3, 0.4) is 0 Å². The normalized spacial score (nSPS) is 19.5. The maximum absolute atomic E-state index is 13.9. The van der Waals surface area contributed by atoms with E-state index in [1.807, 2.05) is 76.5 Å². The van der Waals surface area contributed by atoms with Gasteiger partial charge in [-0.25, -0.2) is 0 Å². The number of carboxylic acids is 1. The number of amides is 1. The Kier molecular flexibility index (Phi) is 9.17. The number of rotatable bonds is 12. The highest BCUT2D eigenvalue weighted by atomic mass is 16.7. The highest BCUT2D eigenvalue weighted by molar-refractivity contribution is 5.79. The molecule has 0 aromatic heterocycles. The van der Waals surface area contributed by atoms with Crippen LogP contribution in [0.1, 0.15) is 48.4 Å². The lowest BCUT2D eigenvalue weighted by Crippen LogP contribution is -2.41. The number of hydrogen-bond acceptors (Lipinski definition) is 7. The predicted octanol–water partition coefficient (Wildman–Crippen LogP) is 5.10. The Morgan fingerprint density at radius 3 is 2.21 bits per heavy atom. The molecule has 0 aliphatic carbocycles. The summed E-state index contributed by atoms with van der Waals surface area (Å²) >= 11 is 0. The maximum Gasteiger partial charge on any atom is 0.309 e. The number of carboxylic acid groups (broad SMARTS) is 1. The molecule has 2 heterocycles. The second kappa shape index (κ2) is 13.2. The van der Waals surface area contributed by atoms with Crippen LogP contribution in [-0.2, 0) is 16.1 Å².